The first-order valence-electron chi connectivity index (χ1n) is 9.41. The van der Waals surface area contributed by atoms with Gasteiger partial charge in [-0.3, -0.25) is 0 Å². The van der Waals surface area contributed by atoms with Crippen LogP contribution in [0.2, 0.25) is 13.1 Å². The molecule has 0 nitrogen and oxygen atoms in total. The fourth-order valence-corrected chi connectivity index (χ4v) is 13.0. The van der Waals surface area contributed by atoms with E-state index in [1.54, 1.807) is 5.17 Å². The summed E-state index contributed by atoms with van der Waals surface area (Å²) in [6, 6.07) is 0. The van der Waals surface area contributed by atoms with Crippen LogP contribution in [0.1, 0.15) is 34.1 Å². The Balaban J connectivity index is 2.36. The van der Waals surface area contributed by atoms with E-state index in [2.05, 4.69) is 71.2 Å². The molecule has 0 aromatic rings. The molecule has 0 bridgehead atoms. The Morgan fingerprint density at radius 3 is 2.31 bits per heavy atom. The molecule has 3 aliphatic rings. The van der Waals surface area contributed by atoms with E-state index in [4.69, 9.17) is 17.2 Å². The minimum absolute atomic E-state index is 0.435. The molecule has 26 heavy (non-hydrogen) atoms. The molecule has 0 heterocycles. The van der Waals surface area contributed by atoms with Crippen molar-refractivity contribution in [2.24, 2.45) is 11.8 Å². The maximum absolute atomic E-state index is 6.72. The molecular weight excluding hydrogens is 542 g/mol. The number of fused-ring (bicyclic) bond motifs is 1. The van der Waals surface area contributed by atoms with Crippen molar-refractivity contribution in [3.63, 3.8) is 0 Å². The molecule has 2 unspecified atom stereocenters. The number of allylic oxidation sites excluding steroid dienone is 12. The Kier molecular flexibility index (Phi) is 6.49. The summed E-state index contributed by atoms with van der Waals surface area (Å²) in [5.41, 5.74) is 8.65. The van der Waals surface area contributed by atoms with Gasteiger partial charge in [0.1, 0.15) is 0 Å². The van der Waals surface area contributed by atoms with Gasteiger partial charge in [0.05, 0.1) is 0 Å². The van der Waals surface area contributed by atoms with Crippen molar-refractivity contribution in [1.82, 2.24) is 0 Å². The third-order valence-corrected chi connectivity index (χ3v) is 14.0. The van der Waals surface area contributed by atoms with E-state index in [-0.39, 0.29) is 0 Å². The first-order chi connectivity index (χ1) is 12.3. The zero-order valence-corrected chi connectivity index (χ0v) is 22.6. The van der Waals surface area contributed by atoms with E-state index >= 15 is 0 Å². The average Bonchev–Trinajstić information content (AvgIpc) is 3.00. The monoisotopic (exact) mass is 569 g/mol. The molecule has 0 saturated carbocycles. The summed E-state index contributed by atoms with van der Waals surface area (Å²) in [5.74, 6) is 0.893. The summed E-state index contributed by atoms with van der Waals surface area (Å²) in [7, 11) is 12.9. The summed E-state index contributed by atoms with van der Waals surface area (Å²) in [5, 5.41) is 1.60. The van der Waals surface area contributed by atoms with Crippen LogP contribution in [0.5, 0.6) is 0 Å². The molecule has 0 aliphatic heterocycles. The van der Waals surface area contributed by atoms with Crippen LogP contribution >= 0.6 is 17.2 Å². The number of hydrogen-bond acceptors (Lipinski definition) is 0. The van der Waals surface area contributed by atoms with Crippen LogP contribution in [-0.2, 0) is 19.1 Å². The van der Waals surface area contributed by atoms with Gasteiger partial charge in [-0.05, 0) is 0 Å². The van der Waals surface area contributed by atoms with E-state index in [1.165, 1.54) is 36.8 Å². The number of hydrogen-bond donors (Lipinski definition) is 0. The van der Waals surface area contributed by atoms with Crippen molar-refractivity contribution in [1.29, 1.82) is 0 Å². The number of rotatable bonds is 3. The van der Waals surface area contributed by atoms with Gasteiger partial charge in [-0.1, -0.05) is 0 Å². The molecule has 3 aliphatic carbocycles. The molecular formula is C22H27Cl2HfSi. The topological polar surface area (TPSA) is 0 Å². The Labute approximate surface area is 175 Å². The molecule has 137 valence electrons. The molecule has 0 aromatic heterocycles. The normalized spacial score (nSPS) is 25.2. The summed E-state index contributed by atoms with van der Waals surface area (Å²) < 4.78 is 1.34. The van der Waals surface area contributed by atoms with Crippen LogP contribution in [0, 0.1) is 11.8 Å². The van der Waals surface area contributed by atoms with Gasteiger partial charge < -0.3 is 0 Å². The fraction of sp³-hybridized carbons (Fsp3) is 0.409. The summed E-state index contributed by atoms with van der Waals surface area (Å²) in [6.45, 7) is 14.0. The third kappa shape index (κ3) is 3.40. The molecule has 0 N–H and O–H groups in total. The molecule has 3 rings (SSSR count). The molecule has 2 atom stereocenters. The van der Waals surface area contributed by atoms with Gasteiger partial charge in [-0.25, -0.2) is 0 Å². The van der Waals surface area contributed by atoms with Crippen molar-refractivity contribution in [2.75, 3.05) is 0 Å². The zero-order valence-electron chi connectivity index (χ0n) is 16.5. The van der Waals surface area contributed by atoms with E-state index in [1.807, 2.05) is 0 Å². The van der Waals surface area contributed by atoms with E-state index in [0.717, 1.165) is 6.42 Å². The standard InChI is InChI=1S/C22H27Si.2ClH.Hf/c1-7-17-13-18-9-8-10-19(23(5)6)16(4)21(18)22(17)20-14(2)11-12-15(20)3;;;/h8-12,14,16H,7H2,1-6H3;2*1H;/q;;;+2/p-2. The van der Waals surface area contributed by atoms with Gasteiger partial charge in [0.15, 0.2) is 0 Å². The third-order valence-electron chi connectivity index (χ3n) is 5.77. The van der Waals surface area contributed by atoms with Gasteiger partial charge in [0, 0.05) is 0 Å². The Hall–Kier alpha value is -0.0230. The van der Waals surface area contributed by atoms with Crippen LogP contribution < -0.4 is 0 Å². The van der Waals surface area contributed by atoms with Crippen LogP contribution in [0.15, 0.2) is 67.1 Å². The Bertz CT molecular complexity index is 859. The predicted octanol–water partition coefficient (Wildman–Crippen LogP) is 7.05. The molecule has 0 aromatic carbocycles. The first kappa shape index (κ1) is 20.7. The van der Waals surface area contributed by atoms with Crippen LogP contribution in [0.3, 0.4) is 0 Å². The number of halogens is 2. The van der Waals surface area contributed by atoms with Gasteiger partial charge in [0.25, 0.3) is 0 Å². The van der Waals surface area contributed by atoms with Crippen LogP contribution in [-0.4, -0.2) is 13.6 Å². The summed E-state index contributed by atoms with van der Waals surface area (Å²) in [4.78, 5) is 0. The molecule has 0 spiro atoms. The predicted molar refractivity (Wildman–Crippen MR) is 116 cm³/mol. The maximum atomic E-state index is 6.72. The molecule has 0 saturated heterocycles. The zero-order chi connectivity index (χ0) is 19.2. The first-order valence-corrected chi connectivity index (χ1v) is 22.6. The van der Waals surface area contributed by atoms with Gasteiger partial charge in [-0.15, -0.1) is 0 Å². The minimum atomic E-state index is -2.76. The summed E-state index contributed by atoms with van der Waals surface area (Å²) in [6.07, 6.45) is 12.5. The Morgan fingerprint density at radius 1 is 1.12 bits per heavy atom. The second-order valence-electron chi connectivity index (χ2n) is 7.62. The van der Waals surface area contributed by atoms with E-state index < -0.39 is 27.5 Å². The van der Waals surface area contributed by atoms with Gasteiger partial charge in [0.2, 0.25) is 0 Å². The fourth-order valence-electron chi connectivity index (χ4n) is 4.63. The summed E-state index contributed by atoms with van der Waals surface area (Å²) >= 11 is -2.76. The van der Waals surface area contributed by atoms with Gasteiger partial charge in [-0.2, -0.15) is 0 Å². The van der Waals surface area contributed by atoms with E-state index in [9.17, 15) is 0 Å². The molecule has 4 heteroatoms. The van der Waals surface area contributed by atoms with Crippen LogP contribution in [0.25, 0.3) is 0 Å². The quantitative estimate of drug-likeness (QED) is 0.320. The van der Waals surface area contributed by atoms with E-state index in [0.29, 0.717) is 11.8 Å². The molecule has 0 amide bonds. The second-order valence-corrected chi connectivity index (χ2v) is 21.6. The van der Waals surface area contributed by atoms with Crippen molar-refractivity contribution in [3.05, 3.63) is 67.1 Å². The van der Waals surface area contributed by atoms with Crippen molar-refractivity contribution < 1.29 is 19.1 Å². The van der Waals surface area contributed by atoms with Gasteiger partial charge >= 0.3 is 176 Å². The van der Waals surface area contributed by atoms with Crippen molar-refractivity contribution in [3.8, 4) is 0 Å². The molecule has 0 radical (unpaired) electrons. The second kappa shape index (κ2) is 8.15. The average molecular weight is 569 g/mol. The Morgan fingerprint density at radius 2 is 1.81 bits per heavy atom. The van der Waals surface area contributed by atoms with Crippen molar-refractivity contribution >= 4 is 30.7 Å². The SMILES string of the molecule is CCC1=[C]([Hf]([Cl])[Cl])C2=CC=CC(=[Si](C)C)C(C)C2=C1C1=C(C)C=CC1C. The van der Waals surface area contributed by atoms with Crippen LogP contribution in [0.4, 0.5) is 0 Å². The molecule has 0 fully saturated rings. The van der Waals surface area contributed by atoms with Crippen molar-refractivity contribution in [2.45, 2.75) is 47.2 Å².